The maximum atomic E-state index is 12.9. The first-order valence-corrected chi connectivity index (χ1v) is 9.90. The van der Waals surface area contributed by atoms with Crippen molar-refractivity contribution in [2.24, 2.45) is 5.92 Å². The topological polar surface area (TPSA) is 67.9 Å². The molecular weight excluding hydrogens is 368 g/mol. The number of hydrogen-bond donors (Lipinski definition) is 1. The average Bonchev–Trinajstić information content (AvgIpc) is 3.14. The molecule has 1 saturated heterocycles. The number of anilines is 2. The largest absolute Gasteiger partial charge is 0.497 e. The zero-order valence-corrected chi connectivity index (χ0v) is 17.4. The van der Waals surface area contributed by atoms with Gasteiger partial charge in [-0.25, -0.2) is 0 Å². The van der Waals surface area contributed by atoms with Gasteiger partial charge < -0.3 is 19.7 Å². The van der Waals surface area contributed by atoms with Crippen molar-refractivity contribution in [1.29, 1.82) is 0 Å². The third-order valence-corrected chi connectivity index (χ3v) is 5.53. The number of methoxy groups -OCH3 is 2. The quantitative estimate of drug-likeness (QED) is 0.761. The first-order valence-electron chi connectivity index (χ1n) is 9.90. The number of ether oxygens (including phenoxy) is 2. The molecule has 154 valence electrons. The van der Waals surface area contributed by atoms with Crippen LogP contribution in [0, 0.1) is 5.92 Å². The zero-order valence-electron chi connectivity index (χ0n) is 17.4. The molecule has 2 amide bonds. The minimum Gasteiger partial charge on any atom is -0.497 e. The van der Waals surface area contributed by atoms with E-state index < -0.39 is 5.92 Å². The summed E-state index contributed by atoms with van der Waals surface area (Å²) in [4.78, 5) is 27.4. The van der Waals surface area contributed by atoms with Crippen LogP contribution < -0.4 is 19.7 Å². The number of carbonyl (C=O) groups is 2. The van der Waals surface area contributed by atoms with E-state index in [1.54, 1.807) is 37.3 Å². The SMILES string of the molecule is CCC(C)c1ccccc1N1CC(C(=O)Nc2cc(OC)ccc2OC)CC1=O. The van der Waals surface area contributed by atoms with Gasteiger partial charge in [-0.1, -0.05) is 32.0 Å². The van der Waals surface area contributed by atoms with Gasteiger partial charge >= 0.3 is 0 Å². The van der Waals surface area contributed by atoms with Crippen LogP contribution in [0.5, 0.6) is 11.5 Å². The van der Waals surface area contributed by atoms with E-state index in [2.05, 4.69) is 25.2 Å². The van der Waals surface area contributed by atoms with Crippen molar-refractivity contribution in [2.75, 3.05) is 31.0 Å². The normalized spacial score (nSPS) is 17.2. The van der Waals surface area contributed by atoms with Gasteiger partial charge in [-0.2, -0.15) is 0 Å². The van der Waals surface area contributed by atoms with Gasteiger partial charge in [-0.05, 0) is 36.1 Å². The molecule has 0 bridgehead atoms. The zero-order chi connectivity index (χ0) is 21.0. The molecule has 1 N–H and O–H groups in total. The maximum Gasteiger partial charge on any atom is 0.229 e. The Balaban J connectivity index is 1.78. The van der Waals surface area contributed by atoms with E-state index in [0.717, 1.165) is 17.7 Å². The van der Waals surface area contributed by atoms with E-state index in [1.807, 2.05) is 18.2 Å². The highest BCUT2D eigenvalue weighted by atomic mass is 16.5. The lowest BCUT2D eigenvalue weighted by Gasteiger charge is -2.23. The Labute approximate surface area is 171 Å². The number of benzene rings is 2. The van der Waals surface area contributed by atoms with E-state index in [4.69, 9.17) is 9.47 Å². The van der Waals surface area contributed by atoms with Crippen molar-refractivity contribution in [1.82, 2.24) is 0 Å². The van der Waals surface area contributed by atoms with Crippen LogP contribution in [-0.2, 0) is 9.59 Å². The smallest absolute Gasteiger partial charge is 0.229 e. The number of amides is 2. The fourth-order valence-corrected chi connectivity index (χ4v) is 3.63. The van der Waals surface area contributed by atoms with Crippen molar-refractivity contribution >= 4 is 23.2 Å². The lowest BCUT2D eigenvalue weighted by molar-refractivity contribution is -0.122. The van der Waals surface area contributed by atoms with Gasteiger partial charge in [0.25, 0.3) is 0 Å². The predicted octanol–water partition coefficient (Wildman–Crippen LogP) is 4.21. The number of para-hydroxylation sites is 1. The number of rotatable bonds is 7. The Bertz CT molecular complexity index is 896. The molecule has 0 spiro atoms. The molecule has 29 heavy (non-hydrogen) atoms. The van der Waals surface area contributed by atoms with Gasteiger partial charge in [0.15, 0.2) is 0 Å². The molecule has 1 fully saturated rings. The van der Waals surface area contributed by atoms with E-state index in [1.165, 1.54) is 0 Å². The molecule has 3 rings (SSSR count). The number of nitrogens with zero attached hydrogens (tertiary/aromatic N) is 1. The molecule has 0 radical (unpaired) electrons. The highest BCUT2D eigenvalue weighted by Gasteiger charge is 2.36. The summed E-state index contributed by atoms with van der Waals surface area (Å²) in [5.41, 5.74) is 2.57. The van der Waals surface area contributed by atoms with Gasteiger partial charge in [0, 0.05) is 24.7 Å². The summed E-state index contributed by atoms with van der Waals surface area (Å²) in [5.74, 6) is 0.846. The molecule has 1 heterocycles. The monoisotopic (exact) mass is 396 g/mol. The lowest BCUT2D eigenvalue weighted by Crippen LogP contribution is -2.29. The third-order valence-electron chi connectivity index (χ3n) is 5.53. The van der Waals surface area contributed by atoms with Crippen LogP contribution >= 0.6 is 0 Å². The molecule has 2 aromatic carbocycles. The average molecular weight is 396 g/mol. The summed E-state index contributed by atoms with van der Waals surface area (Å²) in [6.45, 7) is 4.65. The van der Waals surface area contributed by atoms with Crippen LogP contribution in [0.2, 0.25) is 0 Å². The third kappa shape index (κ3) is 4.36. The molecule has 6 heteroatoms. The summed E-state index contributed by atoms with van der Waals surface area (Å²) >= 11 is 0. The Morgan fingerprint density at radius 2 is 1.97 bits per heavy atom. The molecule has 1 aliphatic heterocycles. The fourth-order valence-electron chi connectivity index (χ4n) is 3.63. The lowest BCUT2D eigenvalue weighted by atomic mass is 9.96. The highest BCUT2D eigenvalue weighted by molar-refractivity contribution is 6.04. The second-order valence-electron chi connectivity index (χ2n) is 7.33. The van der Waals surface area contributed by atoms with Crippen molar-refractivity contribution in [2.45, 2.75) is 32.6 Å². The standard InChI is InChI=1S/C23H28N2O4/c1-5-15(2)18-8-6-7-9-20(18)25-14-16(12-22(25)26)23(27)24-19-13-17(28-3)10-11-21(19)29-4/h6-11,13,15-16H,5,12,14H2,1-4H3,(H,24,27). The van der Waals surface area contributed by atoms with Crippen LogP contribution in [-0.4, -0.2) is 32.6 Å². The van der Waals surface area contributed by atoms with E-state index >= 15 is 0 Å². The first kappa shape index (κ1) is 20.7. The minimum absolute atomic E-state index is 0.0292. The number of carbonyl (C=O) groups excluding carboxylic acids is 2. The Morgan fingerprint density at radius 3 is 2.66 bits per heavy atom. The van der Waals surface area contributed by atoms with Crippen molar-refractivity contribution in [3.05, 3.63) is 48.0 Å². The number of hydrogen-bond acceptors (Lipinski definition) is 4. The van der Waals surface area contributed by atoms with Crippen LogP contribution in [0.4, 0.5) is 11.4 Å². The van der Waals surface area contributed by atoms with Crippen LogP contribution in [0.3, 0.4) is 0 Å². The van der Waals surface area contributed by atoms with Gasteiger partial charge in [0.1, 0.15) is 11.5 Å². The Morgan fingerprint density at radius 1 is 1.21 bits per heavy atom. The van der Waals surface area contributed by atoms with Gasteiger partial charge in [0.2, 0.25) is 11.8 Å². The van der Waals surface area contributed by atoms with E-state index in [0.29, 0.717) is 29.6 Å². The van der Waals surface area contributed by atoms with Crippen molar-refractivity contribution < 1.29 is 19.1 Å². The Hall–Kier alpha value is -3.02. The summed E-state index contributed by atoms with van der Waals surface area (Å²) in [7, 11) is 3.11. The minimum atomic E-state index is -0.427. The molecule has 2 unspecified atom stereocenters. The van der Waals surface area contributed by atoms with Crippen molar-refractivity contribution in [3.8, 4) is 11.5 Å². The predicted molar refractivity (Wildman–Crippen MR) is 114 cm³/mol. The molecule has 0 aromatic heterocycles. The molecule has 6 nitrogen and oxygen atoms in total. The summed E-state index contributed by atoms with van der Waals surface area (Å²) in [6.07, 6.45) is 1.17. The Kier molecular flexibility index (Phi) is 6.42. The molecule has 1 aliphatic rings. The van der Waals surface area contributed by atoms with Crippen LogP contribution in [0.15, 0.2) is 42.5 Å². The molecule has 2 aromatic rings. The molecular formula is C23H28N2O4. The van der Waals surface area contributed by atoms with E-state index in [9.17, 15) is 9.59 Å². The van der Waals surface area contributed by atoms with E-state index in [-0.39, 0.29) is 18.2 Å². The van der Waals surface area contributed by atoms with Crippen molar-refractivity contribution in [3.63, 3.8) is 0 Å². The maximum absolute atomic E-state index is 12.9. The van der Waals surface area contributed by atoms with Crippen LogP contribution in [0.1, 0.15) is 38.2 Å². The second kappa shape index (κ2) is 8.99. The van der Waals surface area contributed by atoms with Gasteiger partial charge in [-0.3, -0.25) is 9.59 Å². The summed E-state index contributed by atoms with van der Waals surface area (Å²) in [6, 6.07) is 13.2. The highest BCUT2D eigenvalue weighted by Crippen LogP contribution is 2.34. The molecule has 0 saturated carbocycles. The summed E-state index contributed by atoms with van der Waals surface area (Å²) in [5, 5.41) is 2.90. The fraction of sp³-hybridized carbons (Fsp3) is 0.391. The van der Waals surface area contributed by atoms with Crippen LogP contribution in [0.25, 0.3) is 0 Å². The van der Waals surface area contributed by atoms with Gasteiger partial charge in [0.05, 0.1) is 25.8 Å². The molecule has 2 atom stereocenters. The summed E-state index contributed by atoms with van der Waals surface area (Å²) < 4.78 is 10.6. The first-order chi connectivity index (χ1) is 14.0. The van der Waals surface area contributed by atoms with Gasteiger partial charge in [-0.15, -0.1) is 0 Å². The number of nitrogens with one attached hydrogen (secondary N) is 1. The second-order valence-corrected chi connectivity index (χ2v) is 7.33. The molecule has 0 aliphatic carbocycles.